The van der Waals surface area contributed by atoms with Crippen LogP contribution >= 0.6 is 0 Å². The Morgan fingerprint density at radius 3 is 2.79 bits per heavy atom. The molecule has 3 heterocycles. The average molecular weight is 402 g/mol. The maximum atomic E-state index is 12.8. The number of rotatable bonds is 6. The molecule has 4 rings (SSSR count). The van der Waals surface area contributed by atoms with Crippen molar-refractivity contribution in [1.29, 1.82) is 0 Å². The van der Waals surface area contributed by atoms with Gasteiger partial charge < -0.3 is 14.6 Å². The van der Waals surface area contributed by atoms with Crippen LogP contribution in [0.2, 0.25) is 0 Å². The summed E-state index contributed by atoms with van der Waals surface area (Å²) in [5, 5.41) is 0.965. The number of fused-ring (bicyclic) bond motifs is 1. The van der Waals surface area contributed by atoms with Crippen molar-refractivity contribution in [2.24, 2.45) is 5.92 Å². The molecule has 1 N–H and O–H groups in total. The number of nitrogens with one attached hydrogen (secondary N) is 1. The van der Waals surface area contributed by atoms with Crippen LogP contribution < -0.4 is 9.64 Å². The summed E-state index contributed by atoms with van der Waals surface area (Å²) in [6, 6.07) is 2.37. The zero-order valence-electron chi connectivity index (χ0n) is 16.0. The standard InChI is InChI=1S/C18H22N6O3S/c1-11-15(8-20-18(23-11)27-3)28(25,26)9-12-6-13(7-12)24(2)17-14-4-5-19-16(14)21-10-22-17/h4-5,8,10,12-13H,6-7,9H2,1-3H3,(H,19,21,22). The highest BCUT2D eigenvalue weighted by atomic mass is 32.2. The number of sulfone groups is 1. The molecule has 3 aromatic heterocycles. The molecule has 1 aliphatic rings. The van der Waals surface area contributed by atoms with Gasteiger partial charge in [-0.2, -0.15) is 4.98 Å². The zero-order chi connectivity index (χ0) is 19.9. The minimum absolute atomic E-state index is 0.0945. The second-order valence-corrected chi connectivity index (χ2v) is 9.13. The van der Waals surface area contributed by atoms with Gasteiger partial charge >= 0.3 is 6.01 Å². The SMILES string of the molecule is COc1ncc(S(=O)(=O)CC2CC(N(C)c3ncnc4[nH]ccc34)C2)c(C)n1. The Balaban J connectivity index is 1.43. The van der Waals surface area contributed by atoms with E-state index in [9.17, 15) is 8.42 Å². The minimum atomic E-state index is -3.45. The molecule has 0 unspecified atom stereocenters. The molecule has 148 valence electrons. The third-order valence-electron chi connectivity index (χ3n) is 5.31. The molecule has 0 spiro atoms. The van der Waals surface area contributed by atoms with E-state index in [1.807, 2.05) is 19.3 Å². The van der Waals surface area contributed by atoms with E-state index < -0.39 is 9.84 Å². The fraction of sp³-hybridized carbons (Fsp3) is 0.444. The number of hydrogen-bond donors (Lipinski definition) is 1. The van der Waals surface area contributed by atoms with Crippen molar-refractivity contribution in [1.82, 2.24) is 24.9 Å². The second-order valence-electron chi connectivity index (χ2n) is 7.13. The van der Waals surface area contributed by atoms with Crippen LogP contribution in [0.3, 0.4) is 0 Å². The summed E-state index contributed by atoms with van der Waals surface area (Å²) >= 11 is 0. The second kappa shape index (κ2) is 7.01. The molecular formula is C18H22N6O3S. The first-order chi connectivity index (χ1) is 13.4. The van der Waals surface area contributed by atoms with Gasteiger partial charge in [-0.05, 0) is 31.7 Å². The van der Waals surface area contributed by atoms with Crippen LogP contribution in [0.4, 0.5) is 5.82 Å². The number of aryl methyl sites for hydroxylation is 1. The predicted octanol–water partition coefficient (Wildman–Crippen LogP) is 1.75. The van der Waals surface area contributed by atoms with Gasteiger partial charge in [-0.15, -0.1) is 0 Å². The molecule has 9 nitrogen and oxygen atoms in total. The lowest BCUT2D eigenvalue weighted by molar-refractivity contribution is 0.282. The lowest BCUT2D eigenvalue weighted by Gasteiger charge is -2.41. The number of H-pyrrole nitrogens is 1. The van der Waals surface area contributed by atoms with E-state index in [0.717, 1.165) is 29.7 Å². The molecule has 28 heavy (non-hydrogen) atoms. The highest BCUT2D eigenvalue weighted by molar-refractivity contribution is 7.91. The quantitative estimate of drug-likeness (QED) is 0.663. The van der Waals surface area contributed by atoms with E-state index in [1.165, 1.54) is 19.6 Å². The first kappa shape index (κ1) is 18.6. The summed E-state index contributed by atoms with van der Waals surface area (Å²) in [5.41, 5.74) is 1.21. The highest BCUT2D eigenvalue weighted by Gasteiger charge is 2.37. The van der Waals surface area contributed by atoms with E-state index in [2.05, 4.69) is 29.8 Å². The fourth-order valence-electron chi connectivity index (χ4n) is 3.70. The molecule has 1 saturated carbocycles. The van der Waals surface area contributed by atoms with Gasteiger partial charge in [0.1, 0.15) is 22.7 Å². The van der Waals surface area contributed by atoms with Gasteiger partial charge in [-0.25, -0.2) is 23.4 Å². The van der Waals surface area contributed by atoms with E-state index in [-0.39, 0.29) is 28.6 Å². The Labute approximate surface area is 163 Å². The van der Waals surface area contributed by atoms with Gasteiger partial charge in [0.2, 0.25) is 0 Å². The molecular weight excluding hydrogens is 380 g/mol. The Kier molecular flexibility index (Phi) is 4.66. The van der Waals surface area contributed by atoms with Gasteiger partial charge in [0.05, 0.1) is 30.1 Å². The zero-order valence-corrected chi connectivity index (χ0v) is 16.8. The number of aromatic amines is 1. The number of hydrogen-bond acceptors (Lipinski definition) is 8. The predicted molar refractivity (Wildman–Crippen MR) is 104 cm³/mol. The molecule has 0 saturated heterocycles. The first-order valence-electron chi connectivity index (χ1n) is 9.00. The monoisotopic (exact) mass is 402 g/mol. The number of aromatic nitrogens is 5. The van der Waals surface area contributed by atoms with Crippen molar-refractivity contribution < 1.29 is 13.2 Å². The lowest BCUT2D eigenvalue weighted by atomic mass is 9.81. The van der Waals surface area contributed by atoms with Crippen molar-refractivity contribution in [2.45, 2.75) is 30.7 Å². The van der Waals surface area contributed by atoms with E-state index in [0.29, 0.717) is 5.69 Å². The number of anilines is 1. The van der Waals surface area contributed by atoms with Crippen LogP contribution in [0.5, 0.6) is 6.01 Å². The third kappa shape index (κ3) is 3.28. The molecule has 0 aliphatic heterocycles. The van der Waals surface area contributed by atoms with Crippen LogP contribution in [0.15, 0.2) is 29.7 Å². The van der Waals surface area contributed by atoms with Crippen LogP contribution in [0.25, 0.3) is 11.0 Å². The van der Waals surface area contributed by atoms with Crippen molar-refractivity contribution in [2.75, 3.05) is 24.8 Å². The van der Waals surface area contributed by atoms with E-state index in [1.54, 1.807) is 6.92 Å². The number of methoxy groups -OCH3 is 1. The third-order valence-corrected chi connectivity index (χ3v) is 7.29. The van der Waals surface area contributed by atoms with Crippen LogP contribution in [0.1, 0.15) is 18.5 Å². The summed E-state index contributed by atoms with van der Waals surface area (Å²) in [4.78, 5) is 22.0. The number of ether oxygens (including phenoxy) is 1. The molecule has 0 radical (unpaired) electrons. The largest absolute Gasteiger partial charge is 0.467 e. The molecule has 1 aliphatic carbocycles. The van der Waals surface area contributed by atoms with Crippen molar-refractivity contribution >= 4 is 26.7 Å². The summed E-state index contributed by atoms with van der Waals surface area (Å²) in [6.45, 7) is 1.66. The molecule has 0 atom stereocenters. The summed E-state index contributed by atoms with van der Waals surface area (Å²) < 4.78 is 30.5. The molecule has 0 aromatic carbocycles. The molecule has 3 aromatic rings. The van der Waals surface area contributed by atoms with Gasteiger partial charge in [0, 0.05) is 19.3 Å². The van der Waals surface area contributed by atoms with Gasteiger partial charge in [-0.1, -0.05) is 0 Å². The Bertz CT molecular complexity index is 1110. The molecule has 0 bridgehead atoms. The van der Waals surface area contributed by atoms with Gasteiger partial charge in [-0.3, -0.25) is 0 Å². The Morgan fingerprint density at radius 2 is 2.07 bits per heavy atom. The Morgan fingerprint density at radius 1 is 1.29 bits per heavy atom. The van der Waals surface area contributed by atoms with Crippen LogP contribution in [-0.4, -0.2) is 59.3 Å². The summed E-state index contributed by atoms with van der Waals surface area (Å²) in [6.07, 6.45) is 6.30. The molecule has 0 amide bonds. The Hall–Kier alpha value is -2.75. The maximum absolute atomic E-state index is 12.8. The fourth-order valence-corrected chi connectivity index (χ4v) is 5.49. The van der Waals surface area contributed by atoms with Crippen LogP contribution in [-0.2, 0) is 9.84 Å². The van der Waals surface area contributed by atoms with Gasteiger partial charge in [0.25, 0.3) is 0 Å². The van der Waals surface area contributed by atoms with Crippen molar-refractivity contribution in [3.05, 3.63) is 30.5 Å². The topological polar surface area (TPSA) is 114 Å². The normalized spacial score (nSPS) is 19.4. The number of nitrogens with zero attached hydrogens (tertiary/aromatic N) is 5. The average Bonchev–Trinajstić information content (AvgIpc) is 3.12. The van der Waals surface area contributed by atoms with Crippen molar-refractivity contribution in [3.63, 3.8) is 0 Å². The molecule has 1 fully saturated rings. The molecule has 10 heteroatoms. The smallest absolute Gasteiger partial charge is 0.316 e. The summed E-state index contributed by atoms with van der Waals surface area (Å²) in [5.74, 6) is 1.05. The van der Waals surface area contributed by atoms with Gasteiger partial charge in [0.15, 0.2) is 9.84 Å². The highest BCUT2D eigenvalue weighted by Crippen LogP contribution is 2.36. The van der Waals surface area contributed by atoms with Crippen molar-refractivity contribution in [3.8, 4) is 6.01 Å². The maximum Gasteiger partial charge on any atom is 0.316 e. The van der Waals surface area contributed by atoms with E-state index >= 15 is 0 Å². The van der Waals surface area contributed by atoms with E-state index in [4.69, 9.17) is 4.74 Å². The summed E-state index contributed by atoms with van der Waals surface area (Å²) in [7, 11) is -0.00227. The first-order valence-corrected chi connectivity index (χ1v) is 10.7. The lowest BCUT2D eigenvalue weighted by Crippen LogP contribution is -2.45. The minimum Gasteiger partial charge on any atom is -0.467 e. The van der Waals surface area contributed by atoms with Crippen LogP contribution in [0, 0.1) is 12.8 Å².